The van der Waals surface area contributed by atoms with Crippen LogP contribution in [0.1, 0.15) is 61.7 Å². The van der Waals surface area contributed by atoms with Gasteiger partial charge in [0.05, 0.1) is 12.3 Å². The molecule has 0 radical (unpaired) electrons. The summed E-state index contributed by atoms with van der Waals surface area (Å²) in [6, 6.07) is 15.7. The molecule has 1 unspecified atom stereocenters. The second-order valence-corrected chi connectivity index (χ2v) is 12.7. The number of esters is 1. The number of pyridine rings is 1. The number of hydrogen-bond acceptors (Lipinski definition) is 5. The van der Waals surface area contributed by atoms with Gasteiger partial charge in [0.2, 0.25) is 0 Å². The van der Waals surface area contributed by atoms with Gasteiger partial charge in [-0.2, -0.15) is 0 Å². The maximum Gasteiger partial charge on any atom is 0.315 e. The number of fused-ring (bicyclic) bond motifs is 1. The standard InChI is InChI=1S/C31H35ClN2O3S/c1-7-36-30(35)24(16-21-9-11-22(32)12-10-21)28-29(38-31(4,5)6)27-20(3)26(15-14-25(27)34-28)37-18-23-13-8-19(2)17-33-23/h8-15,17,24,34H,7,16,18H2,1-6H3. The number of rotatable bonds is 9. The molecule has 0 aliphatic rings. The average Bonchev–Trinajstić information content (AvgIpc) is 3.21. The molecule has 0 aliphatic heterocycles. The van der Waals surface area contributed by atoms with Crippen LogP contribution in [-0.2, 0) is 22.6 Å². The first-order valence-corrected chi connectivity index (χ1v) is 14.0. The summed E-state index contributed by atoms with van der Waals surface area (Å²) in [6.07, 6.45) is 2.35. The van der Waals surface area contributed by atoms with Crippen LogP contribution in [0.2, 0.25) is 5.02 Å². The van der Waals surface area contributed by atoms with Gasteiger partial charge in [-0.15, -0.1) is 11.8 Å². The highest BCUT2D eigenvalue weighted by Gasteiger charge is 2.31. The van der Waals surface area contributed by atoms with Crippen LogP contribution in [0.15, 0.2) is 59.6 Å². The van der Waals surface area contributed by atoms with Crippen LogP contribution < -0.4 is 4.74 Å². The van der Waals surface area contributed by atoms with Crippen molar-refractivity contribution < 1.29 is 14.3 Å². The van der Waals surface area contributed by atoms with Crippen LogP contribution in [-0.4, -0.2) is 27.3 Å². The quantitative estimate of drug-likeness (QED) is 0.168. The van der Waals surface area contributed by atoms with Gasteiger partial charge in [0, 0.05) is 43.0 Å². The summed E-state index contributed by atoms with van der Waals surface area (Å²) in [4.78, 5) is 22.4. The number of nitrogens with one attached hydrogen (secondary N) is 1. The fourth-order valence-corrected chi connectivity index (χ4v) is 5.78. The maximum atomic E-state index is 13.3. The summed E-state index contributed by atoms with van der Waals surface area (Å²) >= 11 is 7.87. The fraction of sp³-hybridized carbons (Fsp3) is 0.355. The number of H-pyrrole nitrogens is 1. The number of aryl methyl sites for hydroxylation is 2. The van der Waals surface area contributed by atoms with Gasteiger partial charge in [0.1, 0.15) is 18.3 Å². The molecular weight excluding hydrogens is 516 g/mol. The van der Waals surface area contributed by atoms with Crippen molar-refractivity contribution in [1.29, 1.82) is 0 Å². The molecule has 4 rings (SSSR count). The molecule has 0 aliphatic carbocycles. The van der Waals surface area contributed by atoms with Crippen LogP contribution >= 0.6 is 23.4 Å². The van der Waals surface area contributed by atoms with E-state index in [0.29, 0.717) is 24.7 Å². The van der Waals surface area contributed by atoms with E-state index in [4.69, 9.17) is 21.1 Å². The first-order chi connectivity index (χ1) is 18.1. The van der Waals surface area contributed by atoms with Crippen molar-refractivity contribution >= 4 is 40.2 Å². The molecule has 0 fully saturated rings. The number of halogens is 1. The van der Waals surface area contributed by atoms with Crippen molar-refractivity contribution in [2.45, 2.75) is 70.1 Å². The van der Waals surface area contributed by atoms with Crippen molar-refractivity contribution in [2.75, 3.05) is 6.61 Å². The number of aromatic nitrogens is 2. The highest BCUT2D eigenvalue weighted by Crippen LogP contribution is 2.45. The van der Waals surface area contributed by atoms with E-state index in [2.05, 4.69) is 37.7 Å². The van der Waals surface area contributed by atoms with Crippen LogP contribution in [0, 0.1) is 13.8 Å². The Labute approximate surface area is 234 Å². The number of benzene rings is 2. The predicted octanol–water partition coefficient (Wildman–Crippen LogP) is 8.19. The molecule has 4 aromatic rings. The van der Waals surface area contributed by atoms with Crippen LogP contribution in [0.25, 0.3) is 10.9 Å². The third kappa shape index (κ3) is 6.72. The Balaban J connectivity index is 1.79. The molecule has 0 saturated carbocycles. The number of aromatic amines is 1. The molecule has 0 saturated heterocycles. The molecule has 2 aromatic carbocycles. The van der Waals surface area contributed by atoms with E-state index in [1.54, 1.807) is 11.8 Å². The Morgan fingerprint density at radius 3 is 2.45 bits per heavy atom. The Hall–Kier alpha value is -2.96. The van der Waals surface area contributed by atoms with Crippen molar-refractivity contribution in [3.05, 3.63) is 87.8 Å². The van der Waals surface area contributed by atoms with Gasteiger partial charge in [-0.05, 0) is 68.7 Å². The minimum absolute atomic E-state index is 0.0848. The summed E-state index contributed by atoms with van der Waals surface area (Å²) in [5.74, 6) is 0.0600. The number of ether oxygens (including phenoxy) is 2. The summed E-state index contributed by atoms with van der Waals surface area (Å²) in [6.45, 7) is 13.2. The molecule has 7 heteroatoms. The van der Waals surface area contributed by atoms with E-state index in [-0.39, 0.29) is 10.7 Å². The van der Waals surface area contributed by atoms with Crippen molar-refractivity contribution in [3.63, 3.8) is 0 Å². The topological polar surface area (TPSA) is 64.2 Å². The lowest BCUT2D eigenvalue weighted by Crippen LogP contribution is -2.20. The fourth-order valence-electron chi connectivity index (χ4n) is 4.38. The molecule has 1 atom stereocenters. The Morgan fingerprint density at radius 1 is 1.08 bits per heavy atom. The second kappa shape index (κ2) is 11.8. The van der Waals surface area contributed by atoms with Crippen molar-refractivity contribution in [3.8, 4) is 5.75 Å². The van der Waals surface area contributed by atoms with Gasteiger partial charge < -0.3 is 14.5 Å². The lowest BCUT2D eigenvalue weighted by molar-refractivity contribution is -0.145. The van der Waals surface area contributed by atoms with E-state index < -0.39 is 5.92 Å². The van der Waals surface area contributed by atoms with Gasteiger partial charge in [-0.25, -0.2) is 0 Å². The first kappa shape index (κ1) is 28.1. The molecule has 200 valence electrons. The minimum atomic E-state index is -0.492. The van der Waals surface area contributed by atoms with Crippen LogP contribution in [0.3, 0.4) is 0 Å². The summed E-state index contributed by atoms with van der Waals surface area (Å²) in [5, 5.41) is 1.74. The molecule has 0 spiro atoms. The average molecular weight is 551 g/mol. The van der Waals surface area contributed by atoms with Gasteiger partial charge in [-0.1, -0.05) is 50.6 Å². The van der Waals surface area contributed by atoms with E-state index in [0.717, 1.165) is 49.6 Å². The number of thioether (sulfide) groups is 1. The molecule has 0 amide bonds. The lowest BCUT2D eigenvalue weighted by Gasteiger charge is -2.22. The first-order valence-electron chi connectivity index (χ1n) is 12.8. The second-order valence-electron chi connectivity index (χ2n) is 10.4. The maximum absolute atomic E-state index is 13.3. The summed E-state index contributed by atoms with van der Waals surface area (Å²) < 4.78 is 11.7. The van der Waals surface area contributed by atoms with Gasteiger partial charge in [0.15, 0.2) is 0 Å². The van der Waals surface area contributed by atoms with Gasteiger partial charge in [-0.3, -0.25) is 9.78 Å². The van der Waals surface area contributed by atoms with Gasteiger partial charge >= 0.3 is 5.97 Å². The third-order valence-electron chi connectivity index (χ3n) is 6.19. The molecular formula is C31H35ClN2O3S. The highest BCUT2D eigenvalue weighted by atomic mass is 35.5. The van der Waals surface area contributed by atoms with Crippen molar-refractivity contribution in [2.24, 2.45) is 0 Å². The highest BCUT2D eigenvalue weighted by molar-refractivity contribution is 8.00. The zero-order valence-corrected chi connectivity index (χ0v) is 24.4. The molecule has 5 nitrogen and oxygen atoms in total. The summed E-state index contributed by atoms with van der Waals surface area (Å²) in [7, 11) is 0. The molecule has 2 heterocycles. The van der Waals surface area contributed by atoms with Crippen LogP contribution in [0.4, 0.5) is 0 Å². The Bertz CT molecular complexity index is 1410. The zero-order valence-electron chi connectivity index (χ0n) is 22.9. The lowest BCUT2D eigenvalue weighted by atomic mass is 9.95. The third-order valence-corrected chi connectivity index (χ3v) is 7.68. The molecule has 38 heavy (non-hydrogen) atoms. The number of carbonyl (C=O) groups is 1. The predicted molar refractivity (Wildman–Crippen MR) is 156 cm³/mol. The molecule has 2 aromatic heterocycles. The Morgan fingerprint density at radius 2 is 1.82 bits per heavy atom. The molecule has 0 bridgehead atoms. The number of hydrogen-bond donors (Lipinski definition) is 1. The number of carbonyl (C=O) groups excluding carboxylic acids is 1. The Kier molecular flexibility index (Phi) is 8.74. The summed E-state index contributed by atoms with van der Waals surface area (Å²) in [5.41, 5.74) is 5.87. The monoisotopic (exact) mass is 550 g/mol. The van der Waals surface area contributed by atoms with Crippen LogP contribution in [0.5, 0.6) is 5.75 Å². The normalized spacial score (nSPS) is 12.5. The minimum Gasteiger partial charge on any atom is -0.487 e. The van der Waals surface area contributed by atoms with E-state index in [1.165, 1.54) is 0 Å². The van der Waals surface area contributed by atoms with E-state index in [1.807, 2.05) is 68.6 Å². The van der Waals surface area contributed by atoms with E-state index in [9.17, 15) is 4.79 Å². The SMILES string of the molecule is CCOC(=O)C(Cc1ccc(Cl)cc1)c1[nH]c2ccc(OCc3ccc(C)cn3)c(C)c2c1SC(C)(C)C. The van der Waals surface area contributed by atoms with Crippen molar-refractivity contribution in [1.82, 2.24) is 9.97 Å². The number of nitrogens with zero attached hydrogens (tertiary/aromatic N) is 1. The van der Waals surface area contributed by atoms with Gasteiger partial charge in [0.25, 0.3) is 0 Å². The largest absolute Gasteiger partial charge is 0.487 e. The molecule has 1 N–H and O–H groups in total. The van der Waals surface area contributed by atoms with E-state index >= 15 is 0 Å². The zero-order chi connectivity index (χ0) is 27.4. The smallest absolute Gasteiger partial charge is 0.315 e.